The number of aromatic amines is 1. The Morgan fingerprint density at radius 3 is 2.51 bits per heavy atom. The van der Waals surface area contributed by atoms with Crippen LogP contribution in [0.15, 0.2) is 77.3 Å². The number of aryl methyl sites for hydroxylation is 1. The molecule has 2 N–H and O–H groups in total. The highest BCUT2D eigenvalue weighted by Gasteiger charge is 2.26. The van der Waals surface area contributed by atoms with Gasteiger partial charge >= 0.3 is 0 Å². The molecular weight excluding hydrogens is 564 g/mol. The van der Waals surface area contributed by atoms with E-state index in [-0.39, 0.29) is 5.91 Å². The van der Waals surface area contributed by atoms with Crippen LogP contribution in [0.5, 0.6) is 0 Å². The number of fused-ring (bicyclic) bond motifs is 2. The number of carbonyl (C=O) groups is 1. The maximum Gasteiger partial charge on any atom is 0.255 e. The molecule has 6 aromatic rings. The number of hydrogen-bond acceptors (Lipinski definition) is 7. The largest absolute Gasteiger partial charge is 0.455 e. The van der Waals surface area contributed by atoms with Crippen LogP contribution in [0.25, 0.3) is 55.7 Å². The summed E-state index contributed by atoms with van der Waals surface area (Å²) >= 11 is 0. The number of H-pyrrole nitrogens is 1. The van der Waals surface area contributed by atoms with E-state index in [1.807, 2.05) is 43.3 Å². The van der Waals surface area contributed by atoms with Crippen molar-refractivity contribution in [3.63, 3.8) is 0 Å². The van der Waals surface area contributed by atoms with E-state index in [2.05, 4.69) is 26.6 Å². The predicted molar refractivity (Wildman–Crippen MR) is 166 cm³/mol. The SMILES string of the molecule is CNC(=O)c1c(-c2ccc(C)cc2)oc2cc(N(C)S(C)(=O)=O)c(-c3cnnc(-c4cc5ccc(C#N)cc5[nH]4)c3)cc12. The first-order valence-corrected chi connectivity index (χ1v) is 15.1. The van der Waals surface area contributed by atoms with Crippen LogP contribution >= 0.6 is 0 Å². The van der Waals surface area contributed by atoms with Gasteiger partial charge in [-0.15, -0.1) is 5.10 Å². The second kappa shape index (κ2) is 10.4. The zero-order valence-electron chi connectivity index (χ0n) is 23.8. The Morgan fingerprint density at radius 1 is 1.05 bits per heavy atom. The Balaban J connectivity index is 1.59. The molecule has 1 amide bonds. The van der Waals surface area contributed by atoms with Crippen molar-refractivity contribution in [2.45, 2.75) is 6.92 Å². The summed E-state index contributed by atoms with van der Waals surface area (Å²) in [6.07, 6.45) is 2.66. The number of furan rings is 1. The van der Waals surface area contributed by atoms with Crippen molar-refractivity contribution in [3.05, 3.63) is 89.6 Å². The predicted octanol–water partition coefficient (Wildman–Crippen LogP) is 5.64. The van der Waals surface area contributed by atoms with Crippen molar-refractivity contribution in [2.75, 3.05) is 24.7 Å². The van der Waals surface area contributed by atoms with E-state index in [1.165, 1.54) is 11.4 Å². The number of benzene rings is 3. The first-order valence-electron chi connectivity index (χ1n) is 13.3. The van der Waals surface area contributed by atoms with Gasteiger partial charge in [-0.2, -0.15) is 10.4 Å². The molecule has 11 heteroatoms. The molecule has 0 saturated carbocycles. The highest BCUT2D eigenvalue weighted by Crippen LogP contribution is 2.41. The highest BCUT2D eigenvalue weighted by molar-refractivity contribution is 7.92. The molecule has 0 radical (unpaired) electrons. The Labute approximate surface area is 247 Å². The zero-order valence-corrected chi connectivity index (χ0v) is 24.6. The Kier molecular flexibility index (Phi) is 6.71. The van der Waals surface area contributed by atoms with Gasteiger partial charge in [0.2, 0.25) is 10.0 Å². The summed E-state index contributed by atoms with van der Waals surface area (Å²) in [5.41, 5.74) is 6.39. The normalized spacial score (nSPS) is 11.5. The van der Waals surface area contributed by atoms with E-state index in [0.717, 1.165) is 22.7 Å². The maximum atomic E-state index is 13.2. The summed E-state index contributed by atoms with van der Waals surface area (Å²) in [6.45, 7) is 1.97. The topological polar surface area (TPSA) is 145 Å². The van der Waals surface area contributed by atoms with Crippen LogP contribution in [0.1, 0.15) is 21.5 Å². The van der Waals surface area contributed by atoms with Gasteiger partial charge in [-0.05, 0) is 37.3 Å². The van der Waals surface area contributed by atoms with Crippen molar-refractivity contribution in [1.82, 2.24) is 20.5 Å². The molecule has 0 spiro atoms. The molecule has 0 unspecified atom stereocenters. The Bertz CT molecular complexity index is 2210. The monoisotopic (exact) mass is 590 g/mol. The quantitative estimate of drug-likeness (QED) is 0.255. The van der Waals surface area contributed by atoms with Gasteiger partial charge in [-0.3, -0.25) is 9.10 Å². The van der Waals surface area contributed by atoms with Crippen molar-refractivity contribution in [2.24, 2.45) is 0 Å². The maximum absolute atomic E-state index is 13.2. The fourth-order valence-electron chi connectivity index (χ4n) is 5.04. The zero-order chi connectivity index (χ0) is 30.5. The minimum absolute atomic E-state index is 0.335. The lowest BCUT2D eigenvalue weighted by molar-refractivity contribution is 0.0964. The lowest BCUT2D eigenvalue weighted by Gasteiger charge is -2.20. The van der Waals surface area contributed by atoms with Gasteiger partial charge in [0, 0.05) is 53.1 Å². The van der Waals surface area contributed by atoms with E-state index < -0.39 is 10.0 Å². The van der Waals surface area contributed by atoms with E-state index >= 15 is 0 Å². The van der Waals surface area contributed by atoms with Crippen LogP contribution in [-0.4, -0.2) is 49.9 Å². The number of aromatic nitrogens is 3. The van der Waals surface area contributed by atoms with Gasteiger partial charge in [0.1, 0.15) is 17.0 Å². The fraction of sp³-hybridized carbons (Fsp3) is 0.125. The number of carbonyl (C=O) groups excluding carboxylic acids is 1. The number of hydrogen-bond donors (Lipinski definition) is 2. The van der Waals surface area contributed by atoms with Crippen LogP contribution in [0.4, 0.5) is 5.69 Å². The van der Waals surface area contributed by atoms with Crippen molar-refractivity contribution in [1.29, 1.82) is 5.26 Å². The van der Waals surface area contributed by atoms with E-state index in [4.69, 9.17) is 4.42 Å². The molecule has 0 bridgehead atoms. The molecule has 214 valence electrons. The molecule has 3 aromatic heterocycles. The number of nitrogens with zero attached hydrogens (tertiary/aromatic N) is 4. The Hall–Kier alpha value is -5.47. The van der Waals surface area contributed by atoms with E-state index in [1.54, 1.807) is 43.6 Å². The minimum atomic E-state index is -3.68. The molecule has 3 aromatic carbocycles. The van der Waals surface area contributed by atoms with E-state index in [9.17, 15) is 18.5 Å². The van der Waals surface area contributed by atoms with Gasteiger partial charge in [-0.25, -0.2) is 8.42 Å². The number of amides is 1. The van der Waals surface area contributed by atoms with Gasteiger partial charge in [0.15, 0.2) is 0 Å². The third-order valence-electron chi connectivity index (χ3n) is 7.40. The molecular formula is C32H26N6O4S. The molecule has 43 heavy (non-hydrogen) atoms. The number of sulfonamides is 1. The molecule has 3 heterocycles. The van der Waals surface area contributed by atoms with Crippen LogP contribution in [0.2, 0.25) is 0 Å². The first kappa shape index (κ1) is 27.7. The van der Waals surface area contributed by atoms with Crippen LogP contribution in [0.3, 0.4) is 0 Å². The second-order valence-corrected chi connectivity index (χ2v) is 12.3. The molecule has 0 aliphatic heterocycles. The van der Waals surface area contributed by atoms with Gasteiger partial charge in [-0.1, -0.05) is 35.9 Å². The smallest absolute Gasteiger partial charge is 0.255 e. The van der Waals surface area contributed by atoms with Crippen LogP contribution < -0.4 is 9.62 Å². The second-order valence-electron chi connectivity index (χ2n) is 10.3. The van der Waals surface area contributed by atoms with Crippen molar-refractivity contribution >= 4 is 43.5 Å². The van der Waals surface area contributed by atoms with Crippen molar-refractivity contribution < 1.29 is 17.6 Å². The molecule has 10 nitrogen and oxygen atoms in total. The number of rotatable bonds is 6. The van der Waals surface area contributed by atoms with E-state index in [0.29, 0.717) is 61.6 Å². The number of nitriles is 1. The highest BCUT2D eigenvalue weighted by atomic mass is 32.2. The average Bonchev–Trinajstić information content (AvgIpc) is 3.60. The van der Waals surface area contributed by atoms with Gasteiger partial charge < -0.3 is 14.7 Å². The lowest BCUT2D eigenvalue weighted by Crippen LogP contribution is -2.25. The third kappa shape index (κ3) is 4.98. The average molecular weight is 591 g/mol. The summed E-state index contributed by atoms with van der Waals surface area (Å²) in [5, 5.41) is 21.9. The summed E-state index contributed by atoms with van der Waals surface area (Å²) in [7, 11) is -0.670. The standard InChI is InChI=1S/C32H26N6O4S/c1-18-5-8-20(9-6-18)31-30(32(39)34-2)24-14-23(28(15-29(24)42-31)38(3)43(4,40)41)22-13-27(37-35-17-22)26-12-21-10-7-19(16-33)11-25(21)36-26/h5-15,17,36H,1-4H3,(H,34,39). The summed E-state index contributed by atoms with van der Waals surface area (Å²) in [6, 6.07) is 22.2. The summed E-state index contributed by atoms with van der Waals surface area (Å²) in [5.74, 6) is 0.0377. The Morgan fingerprint density at radius 2 is 1.81 bits per heavy atom. The summed E-state index contributed by atoms with van der Waals surface area (Å²) in [4.78, 5) is 16.5. The number of nitrogens with one attached hydrogen (secondary N) is 2. The fourth-order valence-corrected chi connectivity index (χ4v) is 5.55. The van der Waals surface area contributed by atoms with Crippen LogP contribution in [-0.2, 0) is 10.0 Å². The van der Waals surface area contributed by atoms with Gasteiger partial charge in [0.25, 0.3) is 5.91 Å². The first-order chi connectivity index (χ1) is 20.6. The number of anilines is 1. The van der Waals surface area contributed by atoms with Crippen LogP contribution in [0, 0.1) is 18.3 Å². The molecule has 0 aliphatic carbocycles. The van der Waals surface area contributed by atoms with Crippen molar-refractivity contribution in [3.8, 4) is 39.9 Å². The molecule has 0 saturated heterocycles. The molecule has 0 aliphatic rings. The minimum Gasteiger partial charge on any atom is -0.455 e. The lowest BCUT2D eigenvalue weighted by atomic mass is 9.98. The summed E-state index contributed by atoms with van der Waals surface area (Å²) < 4.78 is 32.9. The molecule has 6 rings (SSSR count). The molecule has 0 atom stereocenters. The van der Waals surface area contributed by atoms with Gasteiger partial charge in [0.05, 0.1) is 41.0 Å². The molecule has 0 fully saturated rings. The third-order valence-corrected chi connectivity index (χ3v) is 8.60.